The topological polar surface area (TPSA) is 60.7 Å². The van der Waals surface area contributed by atoms with Crippen LogP contribution in [-0.2, 0) is 9.53 Å². The Morgan fingerprint density at radius 1 is 0.925 bits per heavy atom. The molecule has 0 fully saturated rings. The molecule has 5 nitrogen and oxygen atoms in total. The van der Waals surface area contributed by atoms with Crippen LogP contribution in [0.25, 0.3) is 11.8 Å². The first-order chi connectivity index (χ1) is 19.3. The number of carbonyl (C=O) groups is 1. The normalized spacial score (nSPS) is 15.4. The molecular formula is C34H34N2O3S. The van der Waals surface area contributed by atoms with E-state index in [0.717, 1.165) is 16.7 Å². The quantitative estimate of drug-likeness (QED) is 0.258. The molecule has 0 aliphatic carbocycles. The second-order valence-electron chi connectivity index (χ2n) is 10.6. The molecule has 204 valence electrons. The van der Waals surface area contributed by atoms with Crippen LogP contribution in [0.3, 0.4) is 0 Å². The molecule has 0 bridgehead atoms. The Labute approximate surface area is 238 Å². The predicted molar refractivity (Wildman–Crippen MR) is 162 cm³/mol. The minimum atomic E-state index is -0.669. The largest absolute Gasteiger partial charge is 0.463 e. The third kappa shape index (κ3) is 5.36. The van der Waals surface area contributed by atoms with Gasteiger partial charge in [0.2, 0.25) is 0 Å². The summed E-state index contributed by atoms with van der Waals surface area (Å²) in [6, 6.07) is 25.4. The van der Waals surface area contributed by atoms with E-state index in [1.54, 1.807) is 11.5 Å². The molecule has 0 unspecified atom stereocenters. The fourth-order valence-electron chi connectivity index (χ4n) is 4.95. The number of rotatable bonds is 7. The summed E-state index contributed by atoms with van der Waals surface area (Å²) in [5.41, 5.74) is 5.74. The number of nitrogens with zero attached hydrogens (tertiary/aromatic N) is 2. The maximum atomic E-state index is 14.0. The van der Waals surface area contributed by atoms with Crippen molar-refractivity contribution in [3.8, 4) is 0 Å². The Hall–Kier alpha value is -4.03. The smallest absolute Gasteiger partial charge is 0.338 e. The third-order valence-corrected chi connectivity index (χ3v) is 8.18. The van der Waals surface area contributed by atoms with Gasteiger partial charge < -0.3 is 4.74 Å². The number of esters is 1. The van der Waals surface area contributed by atoms with E-state index in [4.69, 9.17) is 9.73 Å². The van der Waals surface area contributed by atoms with Gasteiger partial charge in [-0.25, -0.2) is 9.79 Å². The van der Waals surface area contributed by atoms with Gasteiger partial charge >= 0.3 is 5.97 Å². The fraction of sp³-hybridized carbons (Fsp3) is 0.265. The Morgan fingerprint density at radius 2 is 1.52 bits per heavy atom. The molecule has 0 amide bonds. The number of hydrogen-bond acceptors (Lipinski definition) is 5. The first-order valence-corrected chi connectivity index (χ1v) is 14.6. The molecule has 0 spiro atoms. The minimum absolute atomic E-state index is 0.177. The minimum Gasteiger partial charge on any atom is -0.463 e. The Bertz CT molecular complexity index is 1730. The summed E-state index contributed by atoms with van der Waals surface area (Å²) in [4.78, 5) is 33.1. The van der Waals surface area contributed by atoms with Crippen LogP contribution < -0.4 is 14.9 Å². The molecule has 5 rings (SSSR count). The van der Waals surface area contributed by atoms with Crippen LogP contribution in [0.15, 0.2) is 94.2 Å². The van der Waals surface area contributed by atoms with E-state index in [1.807, 2.05) is 60.7 Å². The molecule has 1 atom stereocenters. The molecule has 6 heteroatoms. The Balaban J connectivity index is 1.77. The second-order valence-corrected chi connectivity index (χ2v) is 11.6. The highest BCUT2D eigenvalue weighted by Crippen LogP contribution is 2.35. The molecule has 1 aliphatic rings. The van der Waals surface area contributed by atoms with Crippen LogP contribution in [0.5, 0.6) is 0 Å². The van der Waals surface area contributed by atoms with Crippen LogP contribution >= 0.6 is 11.3 Å². The van der Waals surface area contributed by atoms with Gasteiger partial charge in [0.15, 0.2) is 4.80 Å². The zero-order valence-electron chi connectivity index (χ0n) is 23.5. The number of thiazole rings is 1. The van der Waals surface area contributed by atoms with Gasteiger partial charge in [-0.2, -0.15) is 0 Å². The zero-order valence-corrected chi connectivity index (χ0v) is 24.4. The van der Waals surface area contributed by atoms with E-state index in [9.17, 15) is 9.59 Å². The Morgan fingerprint density at radius 3 is 2.10 bits per heavy atom. The van der Waals surface area contributed by atoms with Crippen molar-refractivity contribution >= 4 is 29.1 Å². The van der Waals surface area contributed by atoms with Gasteiger partial charge in [0.05, 0.1) is 28.5 Å². The monoisotopic (exact) mass is 550 g/mol. The average molecular weight is 551 g/mol. The summed E-state index contributed by atoms with van der Waals surface area (Å²) in [5.74, 6) is 0.318. The number of benzene rings is 3. The van der Waals surface area contributed by atoms with Gasteiger partial charge in [0, 0.05) is 5.56 Å². The molecule has 0 N–H and O–H groups in total. The molecule has 40 heavy (non-hydrogen) atoms. The van der Waals surface area contributed by atoms with E-state index >= 15 is 0 Å². The van der Waals surface area contributed by atoms with Gasteiger partial charge in [-0.15, -0.1) is 0 Å². The van der Waals surface area contributed by atoms with Crippen molar-refractivity contribution in [3.05, 3.63) is 132 Å². The van der Waals surface area contributed by atoms with E-state index in [-0.39, 0.29) is 12.2 Å². The van der Waals surface area contributed by atoms with Crippen LogP contribution in [-0.4, -0.2) is 17.1 Å². The van der Waals surface area contributed by atoms with Crippen LogP contribution in [0, 0.1) is 0 Å². The molecule has 0 saturated carbocycles. The van der Waals surface area contributed by atoms with Crippen molar-refractivity contribution in [3.63, 3.8) is 0 Å². The Kier molecular flexibility index (Phi) is 7.99. The lowest BCUT2D eigenvalue weighted by Gasteiger charge is -2.26. The maximum absolute atomic E-state index is 14.0. The van der Waals surface area contributed by atoms with E-state index < -0.39 is 12.0 Å². The van der Waals surface area contributed by atoms with Crippen molar-refractivity contribution in [1.29, 1.82) is 0 Å². The van der Waals surface area contributed by atoms with Crippen molar-refractivity contribution < 1.29 is 9.53 Å². The summed E-state index contributed by atoms with van der Waals surface area (Å²) >= 11 is 1.34. The van der Waals surface area contributed by atoms with E-state index in [2.05, 4.69) is 52.0 Å². The summed E-state index contributed by atoms with van der Waals surface area (Å²) in [6.07, 6.45) is 1.91. The number of ether oxygens (including phenoxy) is 1. The highest BCUT2D eigenvalue weighted by Gasteiger charge is 2.35. The van der Waals surface area contributed by atoms with Gasteiger partial charge in [0.1, 0.15) is 0 Å². The third-order valence-electron chi connectivity index (χ3n) is 7.19. The molecule has 1 aliphatic heterocycles. The van der Waals surface area contributed by atoms with E-state index in [0.29, 0.717) is 32.4 Å². The first kappa shape index (κ1) is 27.5. The van der Waals surface area contributed by atoms with Crippen LogP contribution in [0.1, 0.15) is 80.3 Å². The van der Waals surface area contributed by atoms with Gasteiger partial charge in [-0.1, -0.05) is 118 Å². The zero-order chi connectivity index (χ0) is 28.4. The maximum Gasteiger partial charge on any atom is 0.338 e. The molecular weight excluding hydrogens is 516 g/mol. The molecule has 2 heterocycles. The second kappa shape index (κ2) is 11.6. The highest BCUT2D eigenvalue weighted by atomic mass is 32.1. The summed E-state index contributed by atoms with van der Waals surface area (Å²) in [7, 11) is 0. The lowest BCUT2D eigenvalue weighted by molar-refractivity contribution is -0.138. The van der Waals surface area contributed by atoms with Gasteiger partial charge in [0.25, 0.3) is 5.56 Å². The van der Waals surface area contributed by atoms with Gasteiger partial charge in [-0.05, 0) is 47.1 Å². The predicted octanol–water partition coefficient (Wildman–Crippen LogP) is 6.18. The van der Waals surface area contributed by atoms with Crippen molar-refractivity contribution in [2.24, 2.45) is 4.99 Å². The van der Waals surface area contributed by atoms with Crippen LogP contribution in [0.4, 0.5) is 0 Å². The lowest BCUT2D eigenvalue weighted by Crippen LogP contribution is -2.40. The summed E-state index contributed by atoms with van der Waals surface area (Å²) in [5, 5.41) is 0. The summed E-state index contributed by atoms with van der Waals surface area (Å²) < 4.78 is 7.78. The fourth-order valence-corrected chi connectivity index (χ4v) is 5.95. The van der Waals surface area contributed by atoms with Crippen molar-refractivity contribution in [1.82, 2.24) is 4.57 Å². The highest BCUT2D eigenvalue weighted by molar-refractivity contribution is 7.07. The molecule has 1 aromatic heterocycles. The first-order valence-electron chi connectivity index (χ1n) is 13.8. The SMILES string of the molecule is CCOC(=O)C1=C(c2ccccc2)N=c2s/c(=C\c3ccc(C(C)C)cc3)c(=O)n2[C@H]1c1ccc(C(C)C)cc1. The number of hydrogen-bond donors (Lipinski definition) is 0. The van der Waals surface area contributed by atoms with Crippen LogP contribution in [0.2, 0.25) is 0 Å². The van der Waals surface area contributed by atoms with Crippen molar-refractivity contribution in [2.45, 2.75) is 52.5 Å². The average Bonchev–Trinajstić information content (AvgIpc) is 3.27. The number of fused-ring (bicyclic) bond motifs is 1. The van der Waals surface area contributed by atoms with Crippen molar-refractivity contribution in [2.75, 3.05) is 6.61 Å². The van der Waals surface area contributed by atoms with Gasteiger partial charge in [-0.3, -0.25) is 9.36 Å². The number of carbonyl (C=O) groups excluding carboxylic acids is 1. The van der Waals surface area contributed by atoms with E-state index in [1.165, 1.54) is 22.5 Å². The molecule has 0 saturated heterocycles. The molecule has 0 radical (unpaired) electrons. The summed E-state index contributed by atoms with van der Waals surface area (Å²) in [6.45, 7) is 10.6. The number of aromatic nitrogens is 1. The standard InChI is InChI=1S/C34H34N2O3S/c1-6-39-33(38)29-30(26-10-8-7-9-11-26)35-34-36(31(29)27-18-16-25(17-19-27)22(4)5)32(37)28(40-34)20-23-12-14-24(15-13-23)21(2)3/h7-22,31H,6H2,1-5H3/b28-20-/t31-/m0/s1. The molecule has 3 aromatic carbocycles. The molecule has 4 aromatic rings. The lowest BCUT2D eigenvalue weighted by atomic mass is 9.91.